The molecule has 0 spiro atoms. The van der Waals surface area contributed by atoms with Crippen LogP contribution in [0.5, 0.6) is 5.75 Å². The molecule has 1 heterocycles. The first-order valence-corrected chi connectivity index (χ1v) is 9.58. The predicted molar refractivity (Wildman–Crippen MR) is 108 cm³/mol. The molecule has 5 nitrogen and oxygen atoms in total. The number of phenols is 1. The monoisotopic (exact) mass is 388 g/mol. The molecule has 0 amide bonds. The number of hydrogen-bond acceptors (Lipinski definition) is 3. The van der Waals surface area contributed by atoms with Crippen molar-refractivity contribution in [3.05, 3.63) is 59.7 Å². The van der Waals surface area contributed by atoms with Gasteiger partial charge in [0.15, 0.2) is 5.96 Å². The molecule has 150 valence electrons. The summed E-state index contributed by atoms with van der Waals surface area (Å²) in [7, 11) is 0. The average Bonchev–Trinajstić information content (AvgIpc) is 2.67. The molecule has 0 saturated carbocycles. The Balaban J connectivity index is 1.59. The predicted octanol–water partition coefficient (Wildman–Crippen LogP) is 3.00. The SMILES string of the molecule is CCNC(=NCCc1cc(F)cc(F)c1)N1CCN(c2ccccc2O)CC1. The fourth-order valence-electron chi connectivity index (χ4n) is 3.36. The number of benzene rings is 2. The fourth-order valence-corrected chi connectivity index (χ4v) is 3.36. The Morgan fingerprint density at radius 3 is 2.39 bits per heavy atom. The van der Waals surface area contributed by atoms with Crippen molar-refractivity contribution in [3.8, 4) is 5.75 Å². The van der Waals surface area contributed by atoms with Crippen LogP contribution in [0.3, 0.4) is 0 Å². The molecule has 2 aromatic rings. The van der Waals surface area contributed by atoms with E-state index in [1.807, 2.05) is 25.1 Å². The van der Waals surface area contributed by atoms with E-state index >= 15 is 0 Å². The van der Waals surface area contributed by atoms with Crippen LogP contribution in [0.15, 0.2) is 47.5 Å². The standard InChI is InChI=1S/C21H26F2N4O/c1-2-24-21(25-8-7-16-13-17(22)15-18(23)14-16)27-11-9-26(10-12-27)19-5-3-4-6-20(19)28/h3-6,13-15,28H,2,7-12H2,1H3,(H,24,25). The molecule has 0 unspecified atom stereocenters. The Hall–Kier alpha value is -2.83. The van der Waals surface area contributed by atoms with Crippen LogP contribution in [-0.2, 0) is 6.42 Å². The van der Waals surface area contributed by atoms with Crippen molar-refractivity contribution >= 4 is 11.6 Å². The number of rotatable bonds is 5. The lowest BCUT2D eigenvalue weighted by atomic mass is 10.1. The molecule has 1 saturated heterocycles. The number of nitrogens with one attached hydrogen (secondary N) is 1. The molecule has 1 aliphatic heterocycles. The van der Waals surface area contributed by atoms with Gasteiger partial charge in [-0.25, -0.2) is 8.78 Å². The molecule has 0 aliphatic carbocycles. The van der Waals surface area contributed by atoms with E-state index in [1.54, 1.807) is 6.07 Å². The molecule has 0 atom stereocenters. The van der Waals surface area contributed by atoms with Gasteiger partial charge in [-0.2, -0.15) is 0 Å². The molecular formula is C21H26F2N4O. The van der Waals surface area contributed by atoms with E-state index in [1.165, 1.54) is 12.1 Å². The topological polar surface area (TPSA) is 51.1 Å². The van der Waals surface area contributed by atoms with Crippen LogP contribution in [0, 0.1) is 11.6 Å². The smallest absolute Gasteiger partial charge is 0.194 e. The largest absolute Gasteiger partial charge is 0.506 e. The van der Waals surface area contributed by atoms with Crippen molar-refractivity contribution in [2.24, 2.45) is 4.99 Å². The number of guanidine groups is 1. The number of anilines is 1. The van der Waals surface area contributed by atoms with E-state index < -0.39 is 11.6 Å². The summed E-state index contributed by atoms with van der Waals surface area (Å²) in [5, 5.41) is 13.3. The van der Waals surface area contributed by atoms with Crippen LogP contribution in [0.4, 0.5) is 14.5 Å². The molecule has 0 radical (unpaired) electrons. The number of phenolic OH excluding ortho intramolecular Hbond substituents is 1. The summed E-state index contributed by atoms with van der Waals surface area (Å²) in [5.41, 5.74) is 1.44. The van der Waals surface area contributed by atoms with Crippen molar-refractivity contribution in [1.82, 2.24) is 10.2 Å². The van der Waals surface area contributed by atoms with Crippen LogP contribution in [-0.4, -0.2) is 55.2 Å². The molecule has 1 aliphatic rings. The Labute approximate surface area is 164 Å². The summed E-state index contributed by atoms with van der Waals surface area (Å²) in [4.78, 5) is 8.96. The zero-order valence-electron chi connectivity index (χ0n) is 16.0. The van der Waals surface area contributed by atoms with E-state index in [4.69, 9.17) is 0 Å². The van der Waals surface area contributed by atoms with Crippen molar-refractivity contribution < 1.29 is 13.9 Å². The lowest BCUT2D eigenvalue weighted by molar-refractivity contribution is 0.370. The Morgan fingerprint density at radius 2 is 1.75 bits per heavy atom. The Morgan fingerprint density at radius 1 is 1.07 bits per heavy atom. The summed E-state index contributed by atoms with van der Waals surface area (Å²) in [6.45, 7) is 6.30. The highest BCUT2D eigenvalue weighted by molar-refractivity contribution is 5.80. The average molecular weight is 388 g/mol. The maximum atomic E-state index is 13.3. The first-order chi connectivity index (χ1) is 13.6. The van der Waals surface area contributed by atoms with Gasteiger partial charge in [-0.05, 0) is 43.2 Å². The molecular weight excluding hydrogens is 362 g/mol. The van der Waals surface area contributed by atoms with Gasteiger partial charge in [0.1, 0.15) is 17.4 Å². The van der Waals surface area contributed by atoms with Crippen molar-refractivity contribution in [2.75, 3.05) is 44.2 Å². The highest BCUT2D eigenvalue weighted by Crippen LogP contribution is 2.27. The molecule has 1 fully saturated rings. The zero-order valence-corrected chi connectivity index (χ0v) is 16.0. The molecule has 7 heteroatoms. The Bertz CT molecular complexity index is 800. The number of halogens is 2. The van der Waals surface area contributed by atoms with Gasteiger partial charge in [-0.3, -0.25) is 4.99 Å². The van der Waals surface area contributed by atoms with Crippen LogP contribution >= 0.6 is 0 Å². The van der Waals surface area contributed by atoms with Crippen LogP contribution in [0.2, 0.25) is 0 Å². The minimum absolute atomic E-state index is 0.291. The Kier molecular flexibility index (Phi) is 6.68. The van der Waals surface area contributed by atoms with Crippen molar-refractivity contribution in [1.29, 1.82) is 0 Å². The third-order valence-electron chi connectivity index (χ3n) is 4.72. The van der Waals surface area contributed by atoms with Gasteiger partial charge in [0, 0.05) is 45.3 Å². The van der Waals surface area contributed by atoms with Crippen LogP contribution < -0.4 is 10.2 Å². The maximum absolute atomic E-state index is 13.3. The second-order valence-corrected chi connectivity index (χ2v) is 6.73. The van der Waals surface area contributed by atoms with Crippen molar-refractivity contribution in [3.63, 3.8) is 0 Å². The third-order valence-corrected chi connectivity index (χ3v) is 4.72. The van der Waals surface area contributed by atoms with E-state index in [0.717, 1.165) is 50.4 Å². The minimum atomic E-state index is -0.564. The number of aliphatic imine (C=N–C) groups is 1. The third kappa shape index (κ3) is 5.12. The van der Waals surface area contributed by atoms with Crippen LogP contribution in [0.25, 0.3) is 0 Å². The number of aromatic hydroxyl groups is 1. The highest BCUT2D eigenvalue weighted by atomic mass is 19.1. The molecule has 2 aromatic carbocycles. The van der Waals surface area contributed by atoms with Crippen molar-refractivity contribution in [2.45, 2.75) is 13.3 Å². The van der Waals surface area contributed by atoms with E-state index in [-0.39, 0.29) is 0 Å². The number of nitrogens with zero attached hydrogens (tertiary/aromatic N) is 3. The fraction of sp³-hybridized carbons (Fsp3) is 0.381. The van der Waals surface area contributed by atoms with Gasteiger partial charge < -0.3 is 20.2 Å². The zero-order chi connectivity index (χ0) is 19.9. The summed E-state index contributed by atoms with van der Waals surface area (Å²) < 4.78 is 26.6. The second-order valence-electron chi connectivity index (χ2n) is 6.73. The van der Waals surface area contributed by atoms with Gasteiger partial charge >= 0.3 is 0 Å². The number of piperazine rings is 1. The lowest BCUT2D eigenvalue weighted by Gasteiger charge is -2.37. The molecule has 0 bridgehead atoms. The first-order valence-electron chi connectivity index (χ1n) is 9.58. The van der Waals surface area contributed by atoms with E-state index in [2.05, 4.69) is 20.1 Å². The van der Waals surface area contributed by atoms with E-state index in [9.17, 15) is 13.9 Å². The number of para-hydroxylation sites is 2. The summed E-state index contributed by atoms with van der Waals surface area (Å²) in [6, 6.07) is 10.9. The molecule has 3 rings (SSSR count). The molecule has 28 heavy (non-hydrogen) atoms. The van der Waals surface area contributed by atoms with Gasteiger partial charge in [-0.15, -0.1) is 0 Å². The van der Waals surface area contributed by atoms with E-state index in [0.29, 0.717) is 24.3 Å². The summed E-state index contributed by atoms with van der Waals surface area (Å²) in [5.74, 6) is -0.0347. The second kappa shape index (κ2) is 9.39. The van der Waals surface area contributed by atoms with Gasteiger partial charge in [0.2, 0.25) is 0 Å². The van der Waals surface area contributed by atoms with Gasteiger partial charge in [0.25, 0.3) is 0 Å². The quantitative estimate of drug-likeness (QED) is 0.611. The first kappa shape index (κ1) is 19.9. The van der Waals surface area contributed by atoms with Gasteiger partial charge in [-0.1, -0.05) is 12.1 Å². The van der Waals surface area contributed by atoms with Crippen LogP contribution in [0.1, 0.15) is 12.5 Å². The maximum Gasteiger partial charge on any atom is 0.194 e. The molecule has 2 N–H and O–H groups in total. The molecule has 0 aromatic heterocycles. The summed E-state index contributed by atoms with van der Waals surface area (Å²) in [6.07, 6.45) is 0.474. The minimum Gasteiger partial charge on any atom is -0.506 e. The summed E-state index contributed by atoms with van der Waals surface area (Å²) >= 11 is 0. The van der Waals surface area contributed by atoms with Gasteiger partial charge in [0.05, 0.1) is 5.69 Å². The highest BCUT2D eigenvalue weighted by Gasteiger charge is 2.21. The number of hydrogen-bond donors (Lipinski definition) is 2. The lowest BCUT2D eigenvalue weighted by Crippen LogP contribution is -2.52. The normalized spacial score (nSPS) is 15.0.